The summed E-state index contributed by atoms with van der Waals surface area (Å²) in [5.41, 5.74) is 3.52. The largest absolute Gasteiger partial charge is 0.368 e. The van der Waals surface area contributed by atoms with Gasteiger partial charge in [-0.2, -0.15) is 4.98 Å². The highest BCUT2D eigenvalue weighted by molar-refractivity contribution is 6.32. The average molecular weight is 265 g/mol. The van der Waals surface area contributed by atoms with E-state index in [1.54, 1.807) is 6.20 Å². The zero-order valence-electron chi connectivity index (χ0n) is 9.60. The summed E-state index contributed by atoms with van der Waals surface area (Å²) in [6.45, 7) is 0.701. The van der Waals surface area contributed by atoms with Gasteiger partial charge in [0.2, 0.25) is 5.95 Å². The molecule has 2 aromatic rings. The topological polar surface area (TPSA) is 88.8 Å². The highest BCUT2D eigenvalue weighted by Crippen LogP contribution is 2.18. The van der Waals surface area contributed by atoms with Crippen LogP contribution in [0.5, 0.6) is 0 Å². The quantitative estimate of drug-likeness (QED) is 0.560. The van der Waals surface area contributed by atoms with E-state index in [-0.39, 0.29) is 0 Å². The van der Waals surface area contributed by atoms with Crippen molar-refractivity contribution >= 4 is 23.4 Å². The molecule has 7 heteroatoms. The molecular weight excluding hydrogens is 252 g/mol. The van der Waals surface area contributed by atoms with Crippen LogP contribution in [0.25, 0.3) is 0 Å². The molecule has 2 heterocycles. The van der Waals surface area contributed by atoms with Crippen molar-refractivity contribution < 1.29 is 0 Å². The third kappa shape index (κ3) is 3.28. The van der Waals surface area contributed by atoms with E-state index in [2.05, 4.69) is 25.7 Å². The molecule has 94 valence electrons. The van der Waals surface area contributed by atoms with Crippen molar-refractivity contribution in [3.8, 4) is 0 Å². The van der Waals surface area contributed by atoms with Crippen molar-refractivity contribution in [3.63, 3.8) is 0 Å². The van der Waals surface area contributed by atoms with E-state index in [1.807, 2.05) is 18.3 Å². The molecule has 4 N–H and O–H groups in total. The summed E-state index contributed by atoms with van der Waals surface area (Å²) in [4.78, 5) is 12.1. The van der Waals surface area contributed by atoms with Gasteiger partial charge >= 0.3 is 0 Å². The maximum atomic E-state index is 5.97. The number of hydrazine groups is 1. The van der Waals surface area contributed by atoms with Gasteiger partial charge in [0.25, 0.3) is 0 Å². The molecule has 2 aromatic heterocycles. The summed E-state index contributed by atoms with van der Waals surface area (Å²) < 4.78 is 0. The SMILES string of the molecule is NNc1ncc(Cl)c(NCCc2cccnc2)n1. The van der Waals surface area contributed by atoms with Crippen LogP contribution in [-0.2, 0) is 6.42 Å². The average Bonchev–Trinajstić information content (AvgIpc) is 2.42. The highest BCUT2D eigenvalue weighted by atomic mass is 35.5. The fourth-order valence-corrected chi connectivity index (χ4v) is 1.59. The summed E-state index contributed by atoms with van der Waals surface area (Å²) in [6.07, 6.45) is 5.91. The van der Waals surface area contributed by atoms with Gasteiger partial charge in [-0.25, -0.2) is 10.8 Å². The van der Waals surface area contributed by atoms with Crippen molar-refractivity contribution in [2.75, 3.05) is 17.3 Å². The van der Waals surface area contributed by atoms with Gasteiger partial charge in [0.05, 0.1) is 6.20 Å². The van der Waals surface area contributed by atoms with Crippen LogP contribution in [0.15, 0.2) is 30.7 Å². The van der Waals surface area contributed by atoms with Crippen LogP contribution in [0.3, 0.4) is 0 Å². The molecule has 0 spiro atoms. The second-order valence-corrected chi connectivity index (χ2v) is 3.98. The summed E-state index contributed by atoms with van der Waals surface area (Å²) in [5, 5.41) is 3.59. The lowest BCUT2D eigenvalue weighted by molar-refractivity contribution is 0.987. The maximum Gasteiger partial charge on any atom is 0.239 e. The number of hydrogen-bond donors (Lipinski definition) is 3. The van der Waals surface area contributed by atoms with E-state index in [0.717, 1.165) is 12.0 Å². The molecular formula is C11H13ClN6. The first kappa shape index (κ1) is 12.5. The number of anilines is 2. The Morgan fingerprint density at radius 1 is 1.33 bits per heavy atom. The molecule has 18 heavy (non-hydrogen) atoms. The molecule has 0 saturated heterocycles. The van der Waals surface area contributed by atoms with Gasteiger partial charge in [-0.05, 0) is 18.1 Å². The van der Waals surface area contributed by atoms with Crippen LogP contribution in [0.1, 0.15) is 5.56 Å². The number of aromatic nitrogens is 3. The zero-order valence-corrected chi connectivity index (χ0v) is 10.4. The fourth-order valence-electron chi connectivity index (χ4n) is 1.43. The second-order valence-electron chi connectivity index (χ2n) is 3.57. The van der Waals surface area contributed by atoms with Crippen molar-refractivity contribution in [1.29, 1.82) is 0 Å². The molecule has 0 unspecified atom stereocenters. The van der Waals surface area contributed by atoms with Crippen LogP contribution in [0.2, 0.25) is 5.02 Å². The van der Waals surface area contributed by atoms with Crippen LogP contribution < -0.4 is 16.6 Å². The van der Waals surface area contributed by atoms with E-state index in [4.69, 9.17) is 17.4 Å². The summed E-state index contributed by atoms with van der Waals surface area (Å²) in [5.74, 6) is 6.12. The Bertz CT molecular complexity index is 504. The molecule has 0 amide bonds. The molecule has 0 aliphatic heterocycles. The van der Waals surface area contributed by atoms with Gasteiger partial charge in [-0.15, -0.1) is 0 Å². The summed E-state index contributed by atoms with van der Waals surface area (Å²) in [6, 6.07) is 3.92. The number of nitrogen functional groups attached to an aromatic ring is 1. The third-order valence-corrected chi connectivity index (χ3v) is 2.58. The summed E-state index contributed by atoms with van der Waals surface area (Å²) in [7, 11) is 0. The summed E-state index contributed by atoms with van der Waals surface area (Å²) >= 11 is 5.97. The highest BCUT2D eigenvalue weighted by Gasteiger charge is 2.04. The van der Waals surface area contributed by atoms with Gasteiger partial charge in [0, 0.05) is 18.9 Å². The molecule has 0 aliphatic carbocycles. The first-order valence-electron chi connectivity index (χ1n) is 5.41. The predicted octanol–water partition coefficient (Wildman–Crippen LogP) is 1.47. The monoisotopic (exact) mass is 264 g/mol. The van der Waals surface area contributed by atoms with Crippen molar-refractivity contribution in [2.24, 2.45) is 5.84 Å². The van der Waals surface area contributed by atoms with E-state index in [9.17, 15) is 0 Å². The van der Waals surface area contributed by atoms with E-state index in [0.29, 0.717) is 23.3 Å². The van der Waals surface area contributed by atoms with Gasteiger partial charge in [0.15, 0.2) is 5.82 Å². The van der Waals surface area contributed by atoms with Crippen LogP contribution >= 0.6 is 11.6 Å². The number of nitrogens with two attached hydrogens (primary N) is 1. The molecule has 0 aromatic carbocycles. The molecule has 0 saturated carbocycles. The van der Waals surface area contributed by atoms with E-state index >= 15 is 0 Å². The molecule has 6 nitrogen and oxygen atoms in total. The first-order chi connectivity index (χ1) is 8.79. The minimum Gasteiger partial charge on any atom is -0.368 e. The maximum absolute atomic E-state index is 5.97. The van der Waals surface area contributed by atoms with Crippen LogP contribution in [0.4, 0.5) is 11.8 Å². The lowest BCUT2D eigenvalue weighted by Gasteiger charge is -2.08. The normalized spacial score (nSPS) is 10.1. The van der Waals surface area contributed by atoms with Gasteiger partial charge in [-0.1, -0.05) is 17.7 Å². The lowest BCUT2D eigenvalue weighted by Crippen LogP contribution is -2.13. The molecule has 0 radical (unpaired) electrons. The van der Waals surface area contributed by atoms with Gasteiger partial charge in [0.1, 0.15) is 5.02 Å². The molecule has 0 fully saturated rings. The minimum atomic E-state index is 0.322. The predicted molar refractivity (Wildman–Crippen MR) is 71.3 cm³/mol. The van der Waals surface area contributed by atoms with Crippen molar-refractivity contribution in [2.45, 2.75) is 6.42 Å². The number of rotatable bonds is 5. The Morgan fingerprint density at radius 3 is 2.94 bits per heavy atom. The fraction of sp³-hybridized carbons (Fsp3) is 0.182. The van der Waals surface area contributed by atoms with Crippen molar-refractivity contribution in [3.05, 3.63) is 41.3 Å². The van der Waals surface area contributed by atoms with Crippen LogP contribution in [-0.4, -0.2) is 21.5 Å². The molecule has 0 aliphatic rings. The number of nitrogens with zero attached hydrogens (tertiary/aromatic N) is 3. The first-order valence-corrected chi connectivity index (χ1v) is 5.79. The Balaban J connectivity index is 1.94. The standard InChI is InChI=1S/C11H13ClN6/c12-9-7-16-11(18-13)17-10(9)15-5-3-8-2-1-4-14-6-8/h1-2,4,6-7H,3,5,13H2,(H2,15,16,17,18). The number of pyridine rings is 1. The van der Waals surface area contributed by atoms with E-state index in [1.165, 1.54) is 6.20 Å². The minimum absolute atomic E-state index is 0.322. The Hall–Kier alpha value is -1.92. The van der Waals surface area contributed by atoms with Crippen molar-refractivity contribution in [1.82, 2.24) is 15.0 Å². The number of halogens is 1. The molecule has 2 rings (SSSR count). The Labute approximate surface area is 110 Å². The van der Waals surface area contributed by atoms with Gasteiger partial charge < -0.3 is 5.32 Å². The number of hydrogen-bond acceptors (Lipinski definition) is 6. The number of nitrogens with one attached hydrogen (secondary N) is 2. The van der Waals surface area contributed by atoms with E-state index < -0.39 is 0 Å². The Morgan fingerprint density at radius 2 is 2.22 bits per heavy atom. The Kier molecular flexibility index (Phi) is 4.27. The third-order valence-electron chi connectivity index (χ3n) is 2.30. The molecule has 0 bridgehead atoms. The molecule has 0 atom stereocenters. The lowest BCUT2D eigenvalue weighted by atomic mass is 10.2. The smallest absolute Gasteiger partial charge is 0.239 e. The van der Waals surface area contributed by atoms with Gasteiger partial charge in [-0.3, -0.25) is 10.4 Å². The van der Waals surface area contributed by atoms with Crippen LogP contribution in [0, 0.1) is 0 Å². The zero-order chi connectivity index (χ0) is 12.8. The second kappa shape index (κ2) is 6.13.